The smallest absolute Gasteiger partial charge is 0.308 e. The minimum Gasteiger partial charge on any atom is -0.493 e. The van der Waals surface area contributed by atoms with Crippen molar-refractivity contribution in [3.63, 3.8) is 0 Å². The summed E-state index contributed by atoms with van der Waals surface area (Å²) in [7, 11) is 2.85. The standard InChI is InChI=1S/C18H21NO5S/c1-9(13(20)7-10(2)18(21)23-5)6-12-15(25)8-14(22-4)17-16(12)19-11(3)24-17/h6,8,10,25H,7H2,1-5H3/b9-6+/t10-/m0/s1. The van der Waals surface area contributed by atoms with Gasteiger partial charge in [0.15, 0.2) is 23.0 Å². The molecule has 2 aromatic rings. The number of nitrogens with zero attached hydrogens (tertiary/aromatic N) is 1. The van der Waals surface area contributed by atoms with Gasteiger partial charge >= 0.3 is 5.97 Å². The van der Waals surface area contributed by atoms with Gasteiger partial charge in [0.25, 0.3) is 0 Å². The van der Waals surface area contributed by atoms with E-state index in [1.165, 1.54) is 7.11 Å². The maximum Gasteiger partial charge on any atom is 0.308 e. The molecular formula is C18H21NO5S. The number of aromatic nitrogens is 1. The molecule has 6 nitrogen and oxygen atoms in total. The molecule has 0 aliphatic rings. The number of carbonyl (C=O) groups excluding carboxylic acids is 2. The number of methoxy groups -OCH3 is 2. The molecule has 0 N–H and O–H groups in total. The number of ether oxygens (including phenoxy) is 2. The van der Waals surface area contributed by atoms with Gasteiger partial charge in [0.1, 0.15) is 5.52 Å². The highest BCUT2D eigenvalue weighted by atomic mass is 32.1. The van der Waals surface area contributed by atoms with E-state index in [1.54, 1.807) is 40.0 Å². The van der Waals surface area contributed by atoms with Crippen LogP contribution in [-0.2, 0) is 14.3 Å². The second-order valence-electron chi connectivity index (χ2n) is 5.80. The molecule has 0 radical (unpaired) electrons. The predicted octanol–water partition coefficient (Wildman–Crippen LogP) is 3.61. The molecule has 0 saturated heterocycles. The fourth-order valence-electron chi connectivity index (χ4n) is 2.48. The van der Waals surface area contributed by atoms with E-state index in [4.69, 9.17) is 9.15 Å². The van der Waals surface area contributed by atoms with Crippen molar-refractivity contribution >= 4 is 41.6 Å². The Morgan fingerprint density at radius 3 is 2.68 bits per heavy atom. The van der Waals surface area contributed by atoms with Gasteiger partial charge < -0.3 is 13.9 Å². The molecule has 0 aliphatic carbocycles. The Kier molecular flexibility index (Phi) is 5.89. The Balaban J connectivity index is 2.41. The maximum absolute atomic E-state index is 12.4. The number of fused-ring (bicyclic) bond motifs is 1. The fraction of sp³-hybridized carbons (Fsp3) is 0.389. The lowest BCUT2D eigenvalue weighted by atomic mass is 9.99. The van der Waals surface area contributed by atoms with E-state index in [-0.39, 0.29) is 12.2 Å². The summed E-state index contributed by atoms with van der Waals surface area (Å²) in [4.78, 5) is 28.9. The Bertz CT molecular complexity index is 853. The molecule has 0 amide bonds. The van der Waals surface area contributed by atoms with Crippen LogP contribution in [0.1, 0.15) is 31.7 Å². The first-order valence-corrected chi connectivity index (χ1v) is 8.19. The molecule has 0 unspecified atom stereocenters. The maximum atomic E-state index is 12.4. The van der Waals surface area contributed by atoms with Crippen LogP contribution in [0.5, 0.6) is 5.75 Å². The van der Waals surface area contributed by atoms with E-state index in [0.717, 1.165) is 0 Å². The molecule has 1 aromatic heterocycles. The van der Waals surface area contributed by atoms with Crippen LogP contribution in [0.3, 0.4) is 0 Å². The minimum absolute atomic E-state index is 0.0774. The molecule has 1 aromatic carbocycles. The largest absolute Gasteiger partial charge is 0.493 e. The first-order valence-electron chi connectivity index (χ1n) is 7.74. The van der Waals surface area contributed by atoms with Gasteiger partial charge in [-0.25, -0.2) is 4.98 Å². The van der Waals surface area contributed by atoms with Gasteiger partial charge in [-0.2, -0.15) is 0 Å². The zero-order chi connectivity index (χ0) is 18.7. The van der Waals surface area contributed by atoms with Crippen LogP contribution in [-0.4, -0.2) is 31.0 Å². The predicted molar refractivity (Wildman–Crippen MR) is 97.0 cm³/mol. The number of Topliss-reactive ketones (excluding diaryl/α,β-unsaturated/α-hetero) is 1. The number of allylic oxidation sites excluding steroid dienone is 1. The van der Waals surface area contributed by atoms with Crippen molar-refractivity contribution in [3.8, 4) is 5.75 Å². The molecule has 25 heavy (non-hydrogen) atoms. The molecular weight excluding hydrogens is 342 g/mol. The number of oxazole rings is 1. The van der Waals surface area contributed by atoms with E-state index in [0.29, 0.717) is 38.8 Å². The number of esters is 1. The van der Waals surface area contributed by atoms with Gasteiger partial charge in [-0.3, -0.25) is 9.59 Å². The van der Waals surface area contributed by atoms with E-state index >= 15 is 0 Å². The van der Waals surface area contributed by atoms with Gasteiger partial charge in [0.05, 0.1) is 20.1 Å². The van der Waals surface area contributed by atoms with Gasteiger partial charge in [-0.15, -0.1) is 12.6 Å². The lowest BCUT2D eigenvalue weighted by molar-refractivity contribution is -0.146. The molecule has 7 heteroatoms. The molecule has 0 spiro atoms. The monoisotopic (exact) mass is 363 g/mol. The van der Waals surface area contributed by atoms with Crippen molar-refractivity contribution in [1.82, 2.24) is 4.98 Å². The number of carbonyl (C=O) groups is 2. The van der Waals surface area contributed by atoms with Crippen molar-refractivity contribution < 1.29 is 23.5 Å². The molecule has 0 bridgehead atoms. The van der Waals surface area contributed by atoms with Crippen LogP contribution >= 0.6 is 12.6 Å². The fourth-order valence-corrected chi connectivity index (χ4v) is 2.77. The molecule has 0 aliphatic heterocycles. The molecule has 134 valence electrons. The zero-order valence-electron chi connectivity index (χ0n) is 14.9. The van der Waals surface area contributed by atoms with Gasteiger partial charge in [-0.1, -0.05) is 6.92 Å². The number of thiol groups is 1. The van der Waals surface area contributed by atoms with E-state index in [2.05, 4.69) is 22.3 Å². The van der Waals surface area contributed by atoms with Gasteiger partial charge in [-0.05, 0) is 24.6 Å². The summed E-state index contributed by atoms with van der Waals surface area (Å²) in [6, 6.07) is 1.72. The Hall–Kier alpha value is -2.28. The summed E-state index contributed by atoms with van der Waals surface area (Å²) in [6.45, 7) is 5.09. The third kappa shape index (κ3) is 4.04. The summed E-state index contributed by atoms with van der Waals surface area (Å²) in [5, 5.41) is 0. The first-order chi connectivity index (χ1) is 11.8. The van der Waals surface area contributed by atoms with E-state index in [9.17, 15) is 9.59 Å². The van der Waals surface area contributed by atoms with Crippen molar-refractivity contribution in [3.05, 3.63) is 23.1 Å². The lowest BCUT2D eigenvalue weighted by Crippen LogP contribution is -2.17. The summed E-state index contributed by atoms with van der Waals surface area (Å²) >= 11 is 4.48. The average molecular weight is 363 g/mol. The first kappa shape index (κ1) is 19.1. The molecule has 1 heterocycles. The van der Waals surface area contributed by atoms with E-state index in [1.807, 2.05) is 0 Å². The number of aryl methyl sites for hydroxylation is 1. The second-order valence-corrected chi connectivity index (χ2v) is 6.28. The van der Waals surface area contributed by atoms with Crippen molar-refractivity contribution in [2.24, 2.45) is 5.92 Å². The summed E-state index contributed by atoms with van der Waals surface area (Å²) in [5.41, 5.74) is 2.26. The Morgan fingerprint density at radius 1 is 1.40 bits per heavy atom. The van der Waals surface area contributed by atoms with Gasteiger partial charge in [0.2, 0.25) is 0 Å². The average Bonchev–Trinajstić information content (AvgIpc) is 2.97. The summed E-state index contributed by atoms with van der Waals surface area (Å²) in [6.07, 6.45) is 1.78. The van der Waals surface area contributed by atoms with Gasteiger partial charge in [0, 0.05) is 23.8 Å². The normalized spacial score (nSPS) is 13.0. The zero-order valence-corrected chi connectivity index (χ0v) is 15.8. The third-order valence-electron chi connectivity index (χ3n) is 3.87. The summed E-state index contributed by atoms with van der Waals surface area (Å²) in [5.74, 6) is -0.0301. The molecule has 2 rings (SSSR count). The van der Waals surface area contributed by atoms with Crippen molar-refractivity contribution in [2.45, 2.75) is 32.1 Å². The minimum atomic E-state index is -0.499. The number of hydrogen-bond acceptors (Lipinski definition) is 7. The Labute approximate surface area is 151 Å². The number of ketones is 1. The van der Waals surface area contributed by atoms with E-state index < -0.39 is 11.9 Å². The third-order valence-corrected chi connectivity index (χ3v) is 4.24. The van der Waals surface area contributed by atoms with Crippen LogP contribution in [0.25, 0.3) is 17.2 Å². The lowest BCUT2D eigenvalue weighted by Gasteiger charge is -2.09. The summed E-state index contributed by atoms with van der Waals surface area (Å²) < 4.78 is 15.5. The molecule has 0 saturated carbocycles. The number of rotatable bonds is 6. The number of hydrogen-bond donors (Lipinski definition) is 1. The SMILES string of the molecule is COC(=O)[C@@H](C)CC(=O)/C(C)=C/c1c(S)cc(OC)c2oc(C)nc12. The van der Waals surface area contributed by atoms with Crippen LogP contribution in [0, 0.1) is 12.8 Å². The quantitative estimate of drug-likeness (QED) is 0.480. The van der Waals surface area contributed by atoms with Crippen LogP contribution < -0.4 is 4.74 Å². The highest BCUT2D eigenvalue weighted by molar-refractivity contribution is 7.80. The van der Waals surface area contributed by atoms with Crippen LogP contribution in [0.15, 0.2) is 21.0 Å². The highest BCUT2D eigenvalue weighted by Crippen LogP contribution is 2.35. The second kappa shape index (κ2) is 7.74. The van der Waals surface area contributed by atoms with Crippen molar-refractivity contribution in [1.29, 1.82) is 0 Å². The van der Waals surface area contributed by atoms with Crippen LogP contribution in [0.2, 0.25) is 0 Å². The van der Waals surface area contributed by atoms with Crippen molar-refractivity contribution in [2.75, 3.05) is 14.2 Å². The topological polar surface area (TPSA) is 78.6 Å². The van der Waals surface area contributed by atoms with Crippen LogP contribution in [0.4, 0.5) is 0 Å². The number of benzene rings is 1. The Morgan fingerprint density at radius 2 is 2.08 bits per heavy atom. The highest BCUT2D eigenvalue weighted by Gasteiger charge is 2.20. The molecule has 0 fully saturated rings. The molecule has 1 atom stereocenters.